The van der Waals surface area contributed by atoms with Gasteiger partial charge in [0.25, 0.3) is 0 Å². The van der Waals surface area contributed by atoms with Gasteiger partial charge in [-0.25, -0.2) is 0 Å². The van der Waals surface area contributed by atoms with Gasteiger partial charge in [-0.3, -0.25) is 28.8 Å². The van der Waals surface area contributed by atoms with E-state index in [0.717, 1.165) is 35.0 Å². The number of carbonyl (C=O) groups excluding carboxylic acids is 6. The Bertz CT molecular complexity index is 668. The molecule has 12 nitrogen and oxygen atoms in total. The summed E-state index contributed by atoms with van der Waals surface area (Å²) in [6, 6.07) is 0. The molecule has 29 heavy (non-hydrogen) atoms. The molecule has 0 spiro atoms. The lowest BCUT2D eigenvalue weighted by Crippen LogP contribution is -2.60. The second kappa shape index (κ2) is 10.4. The molecule has 0 bridgehead atoms. The van der Waals surface area contributed by atoms with Crippen molar-refractivity contribution >= 4 is 35.8 Å². The molecule has 0 aliphatic carbocycles. The van der Waals surface area contributed by atoms with E-state index in [4.69, 9.17) is 18.9 Å². The lowest BCUT2D eigenvalue weighted by Gasteiger charge is -2.41. The maximum absolute atomic E-state index is 12.6. The molecule has 0 aromatic carbocycles. The van der Waals surface area contributed by atoms with E-state index in [1.165, 1.54) is 0 Å². The summed E-state index contributed by atoms with van der Waals surface area (Å²) < 4.78 is 29.3. The molecule has 162 valence electrons. The normalized spacial score (nSPS) is 23.4. The van der Waals surface area contributed by atoms with Crippen LogP contribution >= 0.6 is 0 Å². The minimum absolute atomic E-state index is 0.523. The summed E-state index contributed by atoms with van der Waals surface area (Å²) in [6.07, 6.45) is -4.46. The number of hydrogen-bond donors (Lipinski definition) is 0. The van der Waals surface area contributed by atoms with Gasteiger partial charge in [-0.15, -0.1) is 0 Å². The van der Waals surface area contributed by atoms with Gasteiger partial charge in [0.05, 0.1) is 14.2 Å². The highest BCUT2D eigenvalue weighted by atomic mass is 16.6. The molecule has 4 atom stereocenters. The topological polar surface area (TPSA) is 158 Å². The van der Waals surface area contributed by atoms with Crippen LogP contribution in [0.3, 0.4) is 0 Å². The van der Waals surface area contributed by atoms with Gasteiger partial charge in [0.1, 0.15) is 12.5 Å². The van der Waals surface area contributed by atoms with Crippen molar-refractivity contribution in [2.75, 3.05) is 20.8 Å². The van der Waals surface area contributed by atoms with Gasteiger partial charge >= 0.3 is 35.8 Å². The Hall–Kier alpha value is -3.18. The minimum atomic E-state index is -1.87. The summed E-state index contributed by atoms with van der Waals surface area (Å²) in [7, 11) is 1.95. The SMILES string of the molecule is COC(=O)C(C(=O)OC)[C@H]1C(=O)O[C@H](COC(C)=O)[C@H](OC(C)=O)[C@@H]1OC(C)=O. The molecule has 12 heteroatoms. The van der Waals surface area contributed by atoms with Gasteiger partial charge in [-0.2, -0.15) is 0 Å². The number of rotatable bonds is 7. The van der Waals surface area contributed by atoms with Gasteiger partial charge in [-0.1, -0.05) is 0 Å². The number of cyclic esters (lactones) is 1. The molecule has 1 rings (SSSR count). The second-order valence-corrected chi connectivity index (χ2v) is 5.98. The fraction of sp³-hybridized carbons (Fsp3) is 0.647. The van der Waals surface area contributed by atoms with Crippen LogP contribution in [0.4, 0.5) is 0 Å². The van der Waals surface area contributed by atoms with Crippen molar-refractivity contribution in [1.29, 1.82) is 0 Å². The first kappa shape index (κ1) is 23.9. The van der Waals surface area contributed by atoms with Crippen LogP contribution in [0, 0.1) is 11.8 Å². The predicted octanol–water partition coefficient (Wildman–Crippen LogP) is -1.08. The Morgan fingerprint density at radius 2 is 1.34 bits per heavy atom. The lowest BCUT2D eigenvalue weighted by molar-refractivity contribution is -0.222. The van der Waals surface area contributed by atoms with Crippen molar-refractivity contribution in [3.63, 3.8) is 0 Å². The summed E-state index contributed by atoms with van der Waals surface area (Å²) >= 11 is 0. The Balaban J connectivity index is 3.45. The molecule has 0 unspecified atom stereocenters. The maximum Gasteiger partial charge on any atom is 0.321 e. The van der Waals surface area contributed by atoms with Gasteiger partial charge in [0.15, 0.2) is 24.2 Å². The van der Waals surface area contributed by atoms with Crippen molar-refractivity contribution in [1.82, 2.24) is 0 Å². The summed E-state index contributed by atoms with van der Waals surface area (Å²) in [6.45, 7) is 2.62. The van der Waals surface area contributed by atoms with Crippen molar-refractivity contribution in [2.45, 2.75) is 39.1 Å². The third-order valence-corrected chi connectivity index (χ3v) is 3.91. The van der Waals surface area contributed by atoms with Gasteiger partial charge in [0, 0.05) is 20.8 Å². The van der Waals surface area contributed by atoms with Gasteiger partial charge in [-0.05, 0) is 0 Å². The summed E-state index contributed by atoms with van der Waals surface area (Å²) in [5.41, 5.74) is 0. The fourth-order valence-corrected chi connectivity index (χ4v) is 2.81. The van der Waals surface area contributed by atoms with Gasteiger partial charge in [0.2, 0.25) is 0 Å². The monoisotopic (exact) mass is 418 g/mol. The van der Waals surface area contributed by atoms with Crippen LogP contribution in [0.25, 0.3) is 0 Å². The van der Waals surface area contributed by atoms with Crippen molar-refractivity contribution in [3.8, 4) is 0 Å². The summed E-state index contributed by atoms with van der Waals surface area (Å²) in [5, 5.41) is 0. The number of ether oxygens (including phenoxy) is 6. The van der Waals surface area contributed by atoms with E-state index in [2.05, 4.69) is 9.47 Å². The molecule has 0 aromatic heterocycles. The van der Waals surface area contributed by atoms with E-state index in [1.807, 2.05) is 0 Å². The number of methoxy groups -OCH3 is 2. The Morgan fingerprint density at radius 1 is 0.862 bits per heavy atom. The molecular weight excluding hydrogens is 396 g/mol. The molecule has 1 heterocycles. The molecule has 1 aliphatic heterocycles. The quantitative estimate of drug-likeness (QED) is 0.280. The molecule has 0 aromatic rings. The first-order chi connectivity index (χ1) is 13.5. The van der Waals surface area contributed by atoms with Crippen LogP contribution in [0.1, 0.15) is 20.8 Å². The molecular formula is C17H22O12. The van der Waals surface area contributed by atoms with E-state index >= 15 is 0 Å². The molecule has 1 fully saturated rings. The number of esters is 6. The van der Waals surface area contributed by atoms with Gasteiger partial charge < -0.3 is 28.4 Å². The largest absolute Gasteiger partial charge is 0.468 e. The number of carbonyl (C=O) groups is 6. The summed E-state index contributed by atoms with van der Waals surface area (Å²) in [4.78, 5) is 71.3. The molecule has 0 saturated carbocycles. The highest BCUT2D eigenvalue weighted by molar-refractivity contribution is 5.99. The Kier molecular flexibility index (Phi) is 8.55. The van der Waals surface area contributed by atoms with E-state index in [1.54, 1.807) is 0 Å². The standard InChI is InChI=1S/C17H22O12/c1-7(18)26-6-10-13(27-8(2)19)14(28-9(3)20)11(17(23)29-10)12(15(21)24-4)16(22)25-5/h10-14H,6H2,1-5H3/t10-,11-,13+,14-/m1/s1. The molecule has 1 aliphatic rings. The zero-order chi connectivity index (χ0) is 22.3. The molecule has 0 N–H and O–H groups in total. The highest BCUT2D eigenvalue weighted by Gasteiger charge is 2.57. The lowest BCUT2D eigenvalue weighted by atomic mass is 9.81. The van der Waals surface area contributed by atoms with Crippen molar-refractivity contribution in [2.24, 2.45) is 11.8 Å². The van der Waals surface area contributed by atoms with Crippen LogP contribution in [-0.4, -0.2) is 75.0 Å². The average Bonchev–Trinajstić information content (AvgIpc) is 2.63. The van der Waals surface area contributed by atoms with Crippen LogP contribution in [0.2, 0.25) is 0 Å². The third-order valence-electron chi connectivity index (χ3n) is 3.91. The Morgan fingerprint density at radius 3 is 1.76 bits per heavy atom. The molecule has 1 saturated heterocycles. The predicted molar refractivity (Wildman–Crippen MR) is 88.6 cm³/mol. The van der Waals surface area contributed by atoms with E-state index < -0.39 is 72.6 Å². The minimum Gasteiger partial charge on any atom is -0.468 e. The maximum atomic E-state index is 12.6. The first-order valence-electron chi connectivity index (χ1n) is 8.37. The van der Waals surface area contributed by atoms with Crippen LogP contribution in [0.15, 0.2) is 0 Å². The third kappa shape index (κ3) is 6.16. The Labute approximate surface area is 165 Å². The highest BCUT2D eigenvalue weighted by Crippen LogP contribution is 2.33. The van der Waals surface area contributed by atoms with E-state index in [9.17, 15) is 28.8 Å². The average molecular weight is 418 g/mol. The molecule has 0 amide bonds. The first-order valence-corrected chi connectivity index (χ1v) is 8.37. The van der Waals surface area contributed by atoms with Crippen LogP contribution < -0.4 is 0 Å². The van der Waals surface area contributed by atoms with Crippen LogP contribution in [0.5, 0.6) is 0 Å². The van der Waals surface area contributed by atoms with E-state index in [-0.39, 0.29) is 0 Å². The fourth-order valence-electron chi connectivity index (χ4n) is 2.81. The zero-order valence-corrected chi connectivity index (χ0v) is 16.5. The number of hydrogen-bond acceptors (Lipinski definition) is 12. The summed E-state index contributed by atoms with van der Waals surface area (Å²) in [5.74, 6) is -9.51. The smallest absolute Gasteiger partial charge is 0.321 e. The van der Waals surface area contributed by atoms with Crippen molar-refractivity contribution < 1.29 is 57.2 Å². The van der Waals surface area contributed by atoms with Crippen LogP contribution in [-0.2, 0) is 57.2 Å². The molecule has 0 radical (unpaired) electrons. The second-order valence-electron chi connectivity index (χ2n) is 5.98. The zero-order valence-electron chi connectivity index (χ0n) is 16.5. The van der Waals surface area contributed by atoms with Crippen molar-refractivity contribution in [3.05, 3.63) is 0 Å². The van der Waals surface area contributed by atoms with E-state index in [0.29, 0.717) is 0 Å².